The van der Waals surface area contributed by atoms with E-state index in [4.69, 9.17) is 0 Å². The third kappa shape index (κ3) is 1.58. The van der Waals surface area contributed by atoms with E-state index < -0.39 is 5.23 Å². The van der Waals surface area contributed by atoms with Crippen LogP contribution in [0, 0.1) is 28.9 Å². The van der Waals surface area contributed by atoms with Crippen molar-refractivity contribution in [1.29, 1.82) is 0 Å². The molecule has 6 heteroatoms. The Kier molecular flexibility index (Phi) is 2.56. The number of anilines is 1. The fraction of sp³-hybridized carbons (Fsp3) is 0.333. The summed E-state index contributed by atoms with van der Waals surface area (Å²) in [5.41, 5.74) is 0.174. The fourth-order valence-corrected chi connectivity index (χ4v) is 3.99. The first-order valence-corrected chi connectivity index (χ1v) is 6.98. The molecule has 2 aliphatic carbocycles. The Morgan fingerprint density at radius 3 is 2.24 bits per heavy atom. The molecule has 6 nitrogen and oxygen atoms in total. The summed E-state index contributed by atoms with van der Waals surface area (Å²) in [5, 5.41) is 19.4. The zero-order chi connectivity index (χ0) is 14.7. The molecule has 1 saturated heterocycles. The maximum atomic E-state index is 12.6. The molecule has 1 aromatic rings. The lowest BCUT2D eigenvalue weighted by Gasteiger charge is -2.22. The smallest absolute Gasteiger partial charge is 0.238 e. The third-order valence-electron chi connectivity index (χ3n) is 4.85. The minimum absolute atomic E-state index is 0.0144. The SMILES string of the molecule is O=C1C2[C@H]3C=C[C@@H](C3)[C@H]2C(=O)N1c1ccccc1[NH+]([O-])O. The van der Waals surface area contributed by atoms with Crippen LogP contribution in [-0.2, 0) is 9.59 Å². The van der Waals surface area contributed by atoms with E-state index >= 15 is 0 Å². The zero-order valence-corrected chi connectivity index (χ0v) is 11.1. The molecule has 2 fully saturated rings. The molecule has 3 aliphatic rings. The summed E-state index contributed by atoms with van der Waals surface area (Å²) in [6.45, 7) is 0. The van der Waals surface area contributed by atoms with E-state index in [-0.39, 0.29) is 46.9 Å². The average molecular weight is 286 g/mol. The number of benzene rings is 1. The molecule has 4 rings (SSSR count). The Morgan fingerprint density at radius 2 is 1.67 bits per heavy atom. The first kappa shape index (κ1) is 12.7. The van der Waals surface area contributed by atoms with Crippen molar-refractivity contribution < 1.29 is 20.0 Å². The van der Waals surface area contributed by atoms with Crippen molar-refractivity contribution in [2.45, 2.75) is 6.42 Å². The molecule has 5 atom stereocenters. The molecule has 1 heterocycles. The predicted octanol–water partition coefficient (Wildman–Crippen LogP) is 0.402. The summed E-state index contributed by atoms with van der Waals surface area (Å²) in [6.07, 6.45) is 4.90. The number of nitrogens with one attached hydrogen (secondary N) is 1. The van der Waals surface area contributed by atoms with E-state index in [2.05, 4.69) is 0 Å². The quantitative estimate of drug-likeness (QED) is 0.468. The monoisotopic (exact) mass is 286 g/mol. The highest BCUT2D eigenvalue weighted by Crippen LogP contribution is 2.53. The number of fused-ring (bicyclic) bond motifs is 5. The molecule has 108 valence electrons. The van der Waals surface area contributed by atoms with E-state index in [0.717, 1.165) is 11.3 Å². The minimum atomic E-state index is -1.13. The molecular formula is C15H14N2O4. The number of para-hydroxylation sites is 2. The molecule has 2 amide bonds. The lowest BCUT2D eigenvalue weighted by atomic mass is 9.85. The second-order valence-electron chi connectivity index (χ2n) is 5.83. The maximum absolute atomic E-state index is 12.6. The van der Waals surface area contributed by atoms with Crippen LogP contribution in [0.1, 0.15) is 6.42 Å². The van der Waals surface area contributed by atoms with Gasteiger partial charge in [0.25, 0.3) is 0 Å². The number of quaternary nitrogens is 1. The molecule has 0 aromatic heterocycles. The minimum Gasteiger partial charge on any atom is -0.595 e. The highest BCUT2D eigenvalue weighted by molar-refractivity contribution is 6.23. The second-order valence-corrected chi connectivity index (χ2v) is 5.83. The van der Waals surface area contributed by atoms with Crippen molar-refractivity contribution in [3.05, 3.63) is 41.6 Å². The van der Waals surface area contributed by atoms with Gasteiger partial charge in [-0.3, -0.25) is 9.59 Å². The van der Waals surface area contributed by atoms with Crippen molar-refractivity contribution in [3.8, 4) is 0 Å². The van der Waals surface area contributed by atoms with Crippen LogP contribution in [0.25, 0.3) is 0 Å². The maximum Gasteiger partial charge on any atom is 0.238 e. The Labute approximate surface area is 120 Å². The largest absolute Gasteiger partial charge is 0.595 e. The van der Waals surface area contributed by atoms with Gasteiger partial charge in [-0.05, 0) is 24.3 Å². The van der Waals surface area contributed by atoms with Crippen LogP contribution in [0.5, 0.6) is 0 Å². The molecule has 2 bridgehead atoms. The van der Waals surface area contributed by atoms with Crippen molar-refractivity contribution >= 4 is 23.2 Å². The molecule has 1 aliphatic heterocycles. The summed E-state index contributed by atoms with van der Waals surface area (Å²) in [5.74, 6) is -0.883. The molecule has 0 spiro atoms. The highest BCUT2D eigenvalue weighted by atomic mass is 16.8. The van der Waals surface area contributed by atoms with Crippen LogP contribution in [0.3, 0.4) is 0 Å². The van der Waals surface area contributed by atoms with Crippen LogP contribution >= 0.6 is 0 Å². The number of hydrogen-bond donors (Lipinski definition) is 2. The van der Waals surface area contributed by atoms with E-state index in [1.807, 2.05) is 12.2 Å². The van der Waals surface area contributed by atoms with Gasteiger partial charge in [0.05, 0.1) is 11.8 Å². The van der Waals surface area contributed by atoms with Gasteiger partial charge in [0.2, 0.25) is 11.8 Å². The van der Waals surface area contributed by atoms with E-state index in [1.165, 1.54) is 12.1 Å². The van der Waals surface area contributed by atoms with Gasteiger partial charge >= 0.3 is 0 Å². The first-order chi connectivity index (χ1) is 10.1. The number of amides is 2. The van der Waals surface area contributed by atoms with E-state index in [1.54, 1.807) is 12.1 Å². The number of hydrogen-bond acceptors (Lipinski definition) is 4. The Morgan fingerprint density at radius 1 is 1.10 bits per heavy atom. The van der Waals surface area contributed by atoms with Gasteiger partial charge in [-0.15, -0.1) is 0 Å². The molecule has 1 saturated carbocycles. The number of nitrogens with zero attached hydrogens (tertiary/aromatic N) is 1. The molecule has 2 unspecified atom stereocenters. The molecule has 21 heavy (non-hydrogen) atoms. The van der Waals surface area contributed by atoms with Crippen LogP contribution < -0.4 is 10.1 Å². The van der Waals surface area contributed by atoms with Gasteiger partial charge in [-0.1, -0.05) is 24.3 Å². The van der Waals surface area contributed by atoms with Gasteiger partial charge in [-0.25, -0.2) is 10.1 Å². The van der Waals surface area contributed by atoms with Crippen LogP contribution in [0.2, 0.25) is 0 Å². The van der Waals surface area contributed by atoms with Crippen LogP contribution in [0.4, 0.5) is 11.4 Å². The van der Waals surface area contributed by atoms with E-state index in [0.29, 0.717) is 0 Å². The number of imide groups is 1. The molecular weight excluding hydrogens is 272 g/mol. The summed E-state index contributed by atoms with van der Waals surface area (Å²) >= 11 is 0. The Balaban J connectivity index is 1.78. The Bertz CT molecular complexity index is 639. The summed E-state index contributed by atoms with van der Waals surface area (Å²) < 4.78 is 0. The number of carbonyl (C=O) groups is 2. The summed E-state index contributed by atoms with van der Waals surface area (Å²) in [7, 11) is 0. The summed E-state index contributed by atoms with van der Waals surface area (Å²) in [4.78, 5) is 26.4. The number of allylic oxidation sites excluding steroid dienone is 2. The van der Waals surface area contributed by atoms with Gasteiger partial charge in [0.1, 0.15) is 5.69 Å². The van der Waals surface area contributed by atoms with Crippen molar-refractivity contribution in [2.24, 2.45) is 23.7 Å². The highest BCUT2D eigenvalue weighted by Gasteiger charge is 2.60. The Hall–Kier alpha value is -2.02. The van der Waals surface area contributed by atoms with Gasteiger partial charge < -0.3 is 5.21 Å². The van der Waals surface area contributed by atoms with Crippen molar-refractivity contribution in [1.82, 2.24) is 0 Å². The first-order valence-electron chi connectivity index (χ1n) is 6.98. The lowest BCUT2D eigenvalue weighted by Crippen LogP contribution is -2.99. The van der Waals surface area contributed by atoms with Crippen molar-refractivity contribution in [3.63, 3.8) is 0 Å². The van der Waals surface area contributed by atoms with Gasteiger partial charge in [0, 0.05) is 6.07 Å². The van der Waals surface area contributed by atoms with E-state index in [9.17, 15) is 20.0 Å². The third-order valence-corrected chi connectivity index (χ3v) is 4.85. The van der Waals surface area contributed by atoms with Crippen molar-refractivity contribution in [2.75, 3.05) is 4.90 Å². The summed E-state index contributed by atoms with van der Waals surface area (Å²) in [6, 6.07) is 6.17. The van der Waals surface area contributed by atoms with Gasteiger partial charge in [-0.2, -0.15) is 5.23 Å². The normalized spacial score (nSPS) is 34.7. The topological polar surface area (TPSA) is 85.1 Å². The second kappa shape index (κ2) is 4.24. The fourth-order valence-electron chi connectivity index (χ4n) is 3.99. The lowest BCUT2D eigenvalue weighted by molar-refractivity contribution is -0.990. The predicted molar refractivity (Wildman–Crippen MR) is 72.4 cm³/mol. The standard InChI is InChI=1S/C15H14N2O4/c18-14-12-8-5-6-9(7-8)13(12)15(19)16(14)10-3-1-2-4-11(10)17(20)21/h1-6,8-9,12-13,17,20H,7H2/t8-,9-,12+,13?/m0/s1. The van der Waals surface area contributed by atoms with Crippen LogP contribution in [-0.4, -0.2) is 17.0 Å². The average Bonchev–Trinajstić information content (AvgIpc) is 3.13. The number of rotatable bonds is 2. The van der Waals surface area contributed by atoms with Gasteiger partial charge in [0.15, 0.2) is 5.69 Å². The zero-order valence-electron chi connectivity index (χ0n) is 11.1. The molecule has 0 radical (unpaired) electrons. The molecule has 1 aromatic carbocycles. The molecule has 2 N–H and O–H groups in total. The number of carbonyl (C=O) groups excluding carboxylic acids is 2. The van der Waals surface area contributed by atoms with Crippen LogP contribution in [0.15, 0.2) is 36.4 Å².